The summed E-state index contributed by atoms with van der Waals surface area (Å²) in [5, 5.41) is 0.932. The third kappa shape index (κ3) is 1.61. The number of ether oxygens (including phenoxy) is 1. The van der Waals surface area contributed by atoms with Crippen LogP contribution < -0.4 is 0 Å². The smallest absolute Gasteiger partial charge is 0.340 e. The molecule has 0 saturated carbocycles. The molecule has 3 heteroatoms. The van der Waals surface area contributed by atoms with Gasteiger partial charge in [-0.1, -0.05) is 13.0 Å². The first-order valence-corrected chi connectivity index (χ1v) is 4.94. The number of hydrogen-bond donors (Lipinski definition) is 1. The average molecular weight is 203 g/mol. The van der Waals surface area contributed by atoms with E-state index in [0.29, 0.717) is 5.56 Å². The number of carbonyl (C=O) groups excluding carboxylic acids is 1. The van der Waals surface area contributed by atoms with Crippen LogP contribution in [-0.2, 0) is 11.2 Å². The fourth-order valence-corrected chi connectivity index (χ4v) is 1.67. The van der Waals surface area contributed by atoms with E-state index in [9.17, 15) is 4.79 Å². The second kappa shape index (κ2) is 3.77. The Bertz CT molecular complexity index is 499. The van der Waals surface area contributed by atoms with E-state index in [1.165, 1.54) is 12.7 Å². The molecule has 0 amide bonds. The monoisotopic (exact) mass is 203 g/mol. The van der Waals surface area contributed by atoms with Gasteiger partial charge in [-0.3, -0.25) is 0 Å². The zero-order valence-electron chi connectivity index (χ0n) is 8.83. The second-order valence-electron chi connectivity index (χ2n) is 3.43. The third-order valence-electron chi connectivity index (χ3n) is 2.56. The average Bonchev–Trinajstić information content (AvgIpc) is 2.70. The molecular weight excluding hydrogens is 190 g/mol. The van der Waals surface area contributed by atoms with Gasteiger partial charge in [0.25, 0.3) is 0 Å². The molecule has 15 heavy (non-hydrogen) atoms. The van der Waals surface area contributed by atoms with Gasteiger partial charge in [-0.25, -0.2) is 4.79 Å². The second-order valence-corrected chi connectivity index (χ2v) is 3.43. The van der Waals surface area contributed by atoms with Crippen molar-refractivity contribution in [1.82, 2.24) is 4.98 Å². The van der Waals surface area contributed by atoms with Crippen molar-refractivity contribution in [2.75, 3.05) is 7.11 Å². The Balaban J connectivity index is 2.61. The summed E-state index contributed by atoms with van der Waals surface area (Å²) in [4.78, 5) is 14.5. The van der Waals surface area contributed by atoms with Gasteiger partial charge in [0, 0.05) is 17.1 Å². The molecule has 0 aliphatic heterocycles. The van der Waals surface area contributed by atoms with Gasteiger partial charge in [0.15, 0.2) is 0 Å². The highest BCUT2D eigenvalue weighted by Gasteiger charge is 2.11. The zero-order valence-corrected chi connectivity index (χ0v) is 8.83. The van der Waals surface area contributed by atoms with E-state index in [0.717, 1.165) is 17.3 Å². The molecule has 3 nitrogen and oxygen atoms in total. The Kier molecular flexibility index (Phi) is 2.46. The molecule has 0 bridgehead atoms. The highest BCUT2D eigenvalue weighted by Crippen LogP contribution is 2.20. The number of H-pyrrole nitrogens is 1. The maximum atomic E-state index is 11.4. The molecule has 78 valence electrons. The molecule has 1 heterocycles. The lowest BCUT2D eigenvalue weighted by Gasteiger charge is -1.99. The largest absolute Gasteiger partial charge is 0.465 e. The lowest BCUT2D eigenvalue weighted by Crippen LogP contribution is -1.99. The van der Waals surface area contributed by atoms with E-state index in [1.807, 2.05) is 12.1 Å². The van der Waals surface area contributed by atoms with Crippen molar-refractivity contribution in [3.63, 3.8) is 0 Å². The van der Waals surface area contributed by atoms with E-state index in [4.69, 9.17) is 4.74 Å². The zero-order chi connectivity index (χ0) is 10.8. The van der Waals surface area contributed by atoms with Crippen molar-refractivity contribution in [2.45, 2.75) is 13.3 Å². The van der Waals surface area contributed by atoms with Gasteiger partial charge < -0.3 is 9.72 Å². The molecule has 0 aliphatic carbocycles. The molecular formula is C12H13NO2. The van der Waals surface area contributed by atoms with Crippen molar-refractivity contribution in [2.24, 2.45) is 0 Å². The van der Waals surface area contributed by atoms with Crippen molar-refractivity contribution in [3.8, 4) is 0 Å². The number of benzene rings is 1. The number of rotatable bonds is 2. The third-order valence-corrected chi connectivity index (χ3v) is 2.56. The van der Waals surface area contributed by atoms with Gasteiger partial charge in [-0.05, 0) is 24.1 Å². The van der Waals surface area contributed by atoms with Crippen LogP contribution in [0.15, 0.2) is 24.4 Å². The van der Waals surface area contributed by atoms with Gasteiger partial charge in [-0.15, -0.1) is 0 Å². The van der Waals surface area contributed by atoms with Crippen LogP contribution in [0.5, 0.6) is 0 Å². The predicted molar refractivity (Wildman–Crippen MR) is 59.0 cm³/mol. The van der Waals surface area contributed by atoms with Crippen LogP contribution in [0.2, 0.25) is 0 Å². The summed E-state index contributed by atoms with van der Waals surface area (Å²) >= 11 is 0. The summed E-state index contributed by atoms with van der Waals surface area (Å²) in [6.07, 6.45) is 2.65. The van der Waals surface area contributed by atoms with Crippen molar-refractivity contribution in [1.29, 1.82) is 0 Å². The van der Waals surface area contributed by atoms with E-state index in [2.05, 4.69) is 18.0 Å². The number of aryl methyl sites for hydroxylation is 1. The highest BCUT2D eigenvalue weighted by molar-refractivity contribution is 6.04. The number of methoxy groups -OCH3 is 1. The summed E-state index contributed by atoms with van der Waals surface area (Å²) in [6, 6.07) is 6.07. The Morgan fingerprint density at radius 1 is 1.47 bits per heavy atom. The van der Waals surface area contributed by atoms with Gasteiger partial charge in [0.05, 0.1) is 12.7 Å². The standard InChI is InChI=1S/C12H13NO2/c1-3-8-4-5-11-9(6-8)10(7-13-11)12(14)15-2/h4-7,13H,3H2,1-2H3. The summed E-state index contributed by atoms with van der Waals surface area (Å²) in [5.41, 5.74) is 2.78. The molecule has 1 aromatic heterocycles. The van der Waals surface area contributed by atoms with Crippen LogP contribution in [0.4, 0.5) is 0 Å². The first-order valence-electron chi connectivity index (χ1n) is 4.94. The SMILES string of the molecule is CCc1ccc2[nH]cc(C(=O)OC)c2c1. The molecule has 2 aromatic rings. The normalized spacial score (nSPS) is 10.5. The van der Waals surface area contributed by atoms with Crippen LogP contribution in [0.3, 0.4) is 0 Å². The Morgan fingerprint density at radius 3 is 2.93 bits per heavy atom. The Hall–Kier alpha value is -1.77. The minimum atomic E-state index is -0.297. The molecule has 0 saturated heterocycles. The first-order chi connectivity index (χ1) is 7.26. The maximum absolute atomic E-state index is 11.4. The number of fused-ring (bicyclic) bond motifs is 1. The summed E-state index contributed by atoms with van der Waals surface area (Å²) in [5.74, 6) is -0.297. The quantitative estimate of drug-likeness (QED) is 0.762. The first kappa shape index (κ1) is 9.77. The summed E-state index contributed by atoms with van der Waals surface area (Å²) in [7, 11) is 1.39. The van der Waals surface area contributed by atoms with Gasteiger partial charge in [-0.2, -0.15) is 0 Å². The molecule has 2 rings (SSSR count). The Labute approximate surface area is 88.1 Å². The lowest BCUT2D eigenvalue weighted by molar-refractivity contribution is 0.0603. The number of esters is 1. The van der Waals surface area contributed by atoms with Gasteiger partial charge in [0.2, 0.25) is 0 Å². The molecule has 1 aromatic carbocycles. The van der Waals surface area contributed by atoms with Gasteiger partial charge >= 0.3 is 5.97 Å². The molecule has 0 aliphatic rings. The number of aromatic nitrogens is 1. The molecule has 0 spiro atoms. The molecule has 0 fully saturated rings. The van der Waals surface area contributed by atoms with Crippen molar-refractivity contribution in [3.05, 3.63) is 35.5 Å². The van der Waals surface area contributed by atoms with Crippen LogP contribution in [0.25, 0.3) is 10.9 Å². The lowest BCUT2D eigenvalue weighted by atomic mass is 10.1. The minimum Gasteiger partial charge on any atom is -0.465 e. The number of carbonyl (C=O) groups is 1. The van der Waals surface area contributed by atoms with E-state index in [-0.39, 0.29) is 5.97 Å². The molecule has 0 unspecified atom stereocenters. The number of hydrogen-bond acceptors (Lipinski definition) is 2. The molecule has 0 radical (unpaired) electrons. The summed E-state index contributed by atoms with van der Waals surface area (Å²) in [6.45, 7) is 2.09. The van der Waals surface area contributed by atoms with E-state index < -0.39 is 0 Å². The van der Waals surface area contributed by atoms with Crippen molar-refractivity contribution >= 4 is 16.9 Å². The fraction of sp³-hybridized carbons (Fsp3) is 0.250. The van der Waals surface area contributed by atoms with Crippen molar-refractivity contribution < 1.29 is 9.53 Å². The Morgan fingerprint density at radius 2 is 2.27 bits per heavy atom. The number of aromatic amines is 1. The highest BCUT2D eigenvalue weighted by atomic mass is 16.5. The van der Waals surface area contributed by atoms with Crippen LogP contribution in [0, 0.1) is 0 Å². The van der Waals surface area contributed by atoms with E-state index >= 15 is 0 Å². The van der Waals surface area contributed by atoms with Crippen LogP contribution >= 0.6 is 0 Å². The topological polar surface area (TPSA) is 42.1 Å². The van der Waals surface area contributed by atoms with Crippen LogP contribution in [0.1, 0.15) is 22.8 Å². The fourth-order valence-electron chi connectivity index (χ4n) is 1.67. The molecule has 0 atom stereocenters. The van der Waals surface area contributed by atoms with Crippen LogP contribution in [-0.4, -0.2) is 18.1 Å². The molecule has 1 N–H and O–H groups in total. The van der Waals surface area contributed by atoms with Gasteiger partial charge in [0.1, 0.15) is 0 Å². The predicted octanol–water partition coefficient (Wildman–Crippen LogP) is 2.52. The maximum Gasteiger partial charge on any atom is 0.340 e. The summed E-state index contributed by atoms with van der Waals surface area (Å²) < 4.78 is 4.72. The minimum absolute atomic E-state index is 0.297. The van der Waals surface area contributed by atoms with E-state index in [1.54, 1.807) is 6.20 Å². The number of nitrogens with one attached hydrogen (secondary N) is 1.